The van der Waals surface area contributed by atoms with Gasteiger partial charge < -0.3 is 10.3 Å². The first-order chi connectivity index (χ1) is 9.04. The molecular formula is C16H23N3. The van der Waals surface area contributed by atoms with Crippen LogP contribution in [0.5, 0.6) is 0 Å². The molecule has 0 aliphatic heterocycles. The number of aromatic nitrogens is 2. The van der Waals surface area contributed by atoms with Crippen molar-refractivity contribution in [2.24, 2.45) is 0 Å². The van der Waals surface area contributed by atoms with E-state index in [-0.39, 0.29) is 0 Å². The standard InChI is InChI=1S/C16H23N3/c1-5-6-14-18-15(16(17)19(14)11(2)3)13-9-7-12(4)8-10-13/h7-11H,5-6,17H2,1-4H3. The van der Waals surface area contributed by atoms with Crippen LogP contribution in [0.2, 0.25) is 0 Å². The highest BCUT2D eigenvalue weighted by Crippen LogP contribution is 2.29. The molecule has 0 bridgehead atoms. The molecule has 1 aromatic heterocycles. The molecule has 102 valence electrons. The van der Waals surface area contributed by atoms with Gasteiger partial charge in [0.05, 0.1) is 0 Å². The van der Waals surface area contributed by atoms with Crippen LogP contribution in [0.25, 0.3) is 11.3 Å². The summed E-state index contributed by atoms with van der Waals surface area (Å²) in [5.41, 5.74) is 9.57. The summed E-state index contributed by atoms with van der Waals surface area (Å²) >= 11 is 0. The van der Waals surface area contributed by atoms with Crippen LogP contribution in [0.15, 0.2) is 24.3 Å². The van der Waals surface area contributed by atoms with Crippen molar-refractivity contribution in [3.05, 3.63) is 35.7 Å². The van der Waals surface area contributed by atoms with Crippen LogP contribution >= 0.6 is 0 Å². The second-order valence-corrected chi connectivity index (χ2v) is 5.34. The van der Waals surface area contributed by atoms with Crippen LogP contribution in [0.3, 0.4) is 0 Å². The Bertz CT molecular complexity index is 550. The number of nitrogen functional groups attached to an aromatic ring is 1. The molecule has 1 heterocycles. The molecule has 2 aromatic rings. The van der Waals surface area contributed by atoms with E-state index in [4.69, 9.17) is 10.7 Å². The Morgan fingerprint density at radius 3 is 2.37 bits per heavy atom. The molecular weight excluding hydrogens is 234 g/mol. The lowest BCUT2D eigenvalue weighted by Crippen LogP contribution is -2.09. The van der Waals surface area contributed by atoms with Gasteiger partial charge in [-0.1, -0.05) is 36.8 Å². The Balaban J connectivity index is 2.52. The van der Waals surface area contributed by atoms with Crippen molar-refractivity contribution in [3.8, 4) is 11.3 Å². The summed E-state index contributed by atoms with van der Waals surface area (Å²) in [5, 5.41) is 0. The van der Waals surface area contributed by atoms with Gasteiger partial charge >= 0.3 is 0 Å². The maximum absolute atomic E-state index is 6.31. The minimum Gasteiger partial charge on any atom is -0.383 e. The van der Waals surface area contributed by atoms with Crippen LogP contribution < -0.4 is 5.73 Å². The molecule has 0 fully saturated rings. The second kappa shape index (κ2) is 5.47. The SMILES string of the molecule is CCCc1nc(-c2ccc(C)cc2)c(N)n1C(C)C. The predicted octanol–water partition coefficient (Wildman–Crippen LogP) is 3.97. The predicted molar refractivity (Wildman–Crippen MR) is 81.2 cm³/mol. The van der Waals surface area contributed by atoms with E-state index in [0.717, 1.165) is 35.7 Å². The highest BCUT2D eigenvalue weighted by molar-refractivity contribution is 5.71. The van der Waals surface area contributed by atoms with Gasteiger partial charge in [-0.25, -0.2) is 4.98 Å². The van der Waals surface area contributed by atoms with Crippen LogP contribution in [-0.2, 0) is 6.42 Å². The van der Waals surface area contributed by atoms with E-state index in [0.29, 0.717) is 6.04 Å². The van der Waals surface area contributed by atoms with E-state index in [1.54, 1.807) is 0 Å². The normalized spacial score (nSPS) is 11.2. The number of rotatable bonds is 4. The zero-order valence-corrected chi connectivity index (χ0v) is 12.3. The molecule has 0 spiro atoms. The first kappa shape index (κ1) is 13.7. The van der Waals surface area contributed by atoms with Gasteiger partial charge in [-0.3, -0.25) is 0 Å². The summed E-state index contributed by atoms with van der Waals surface area (Å²) in [6, 6.07) is 8.72. The van der Waals surface area contributed by atoms with Crippen molar-refractivity contribution in [2.75, 3.05) is 5.73 Å². The molecule has 19 heavy (non-hydrogen) atoms. The Morgan fingerprint density at radius 1 is 1.21 bits per heavy atom. The molecule has 0 saturated heterocycles. The van der Waals surface area contributed by atoms with Crippen molar-refractivity contribution in [3.63, 3.8) is 0 Å². The maximum atomic E-state index is 6.31. The van der Waals surface area contributed by atoms with Gasteiger partial charge in [-0.05, 0) is 27.2 Å². The molecule has 0 atom stereocenters. The van der Waals surface area contributed by atoms with E-state index in [1.165, 1.54) is 5.56 Å². The van der Waals surface area contributed by atoms with E-state index in [1.807, 2.05) is 0 Å². The second-order valence-electron chi connectivity index (χ2n) is 5.34. The first-order valence-electron chi connectivity index (χ1n) is 6.98. The van der Waals surface area contributed by atoms with Crippen LogP contribution in [-0.4, -0.2) is 9.55 Å². The van der Waals surface area contributed by atoms with Gasteiger partial charge in [0, 0.05) is 18.0 Å². The number of anilines is 1. The van der Waals surface area contributed by atoms with Crippen molar-refractivity contribution >= 4 is 5.82 Å². The molecule has 3 heteroatoms. The summed E-state index contributed by atoms with van der Waals surface area (Å²) in [5.74, 6) is 1.87. The van der Waals surface area contributed by atoms with Crippen LogP contribution in [0.4, 0.5) is 5.82 Å². The molecule has 0 aliphatic carbocycles. The lowest BCUT2D eigenvalue weighted by atomic mass is 10.1. The minimum absolute atomic E-state index is 0.341. The average molecular weight is 257 g/mol. The quantitative estimate of drug-likeness (QED) is 0.900. The minimum atomic E-state index is 0.341. The smallest absolute Gasteiger partial charge is 0.131 e. The highest BCUT2D eigenvalue weighted by atomic mass is 15.2. The Hall–Kier alpha value is -1.77. The van der Waals surface area contributed by atoms with Gasteiger partial charge in [-0.15, -0.1) is 0 Å². The molecule has 0 aliphatic rings. The summed E-state index contributed by atoms with van der Waals surface area (Å²) in [4.78, 5) is 4.76. The monoisotopic (exact) mass is 257 g/mol. The average Bonchev–Trinajstić information content (AvgIpc) is 2.68. The zero-order valence-electron chi connectivity index (χ0n) is 12.3. The van der Waals surface area contributed by atoms with E-state index >= 15 is 0 Å². The molecule has 1 aromatic carbocycles. The first-order valence-corrected chi connectivity index (χ1v) is 6.98. The van der Waals surface area contributed by atoms with E-state index < -0.39 is 0 Å². The summed E-state index contributed by atoms with van der Waals surface area (Å²) < 4.78 is 2.15. The number of hydrogen-bond donors (Lipinski definition) is 1. The lowest BCUT2D eigenvalue weighted by Gasteiger charge is -2.13. The molecule has 0 amide bonds. The topological polar surface area (TPSA) is 43.8 Å². The molecule has 0 radical (unpaired) electrons. The number of nitrogens with zero attached hydrogens (tertiary/aromatic N) is 2. The third kappa shape index (κ3) is 2.65. The molecule has 0 unspecified atom stereocenters. The number of hydrogen-bond acceptors (Lipinski definition) is 2. The van der Waals surface area contributed by atoms with Gasteiger partial charge in [-0.2, -0.15) is 0 Å². The third-order valence-corrected chi connectivity index (χ3v) is 3.34. The lowest BCUT2D eigenvalue weighted by molar-refractivity contribution is 0.571. The van der Waals surface area contributed by atoms with Gasteiger partial charge in [0.15, 0.2) is 0 Å². The van der Waals surface area contributed by atoms with Gasteiger partial charge in [0.1, 0.15) is 17.3 Å². The Kier molecular flexibility index (Phi) is 3.93. The van der Waals surface area contributed by atoms with Crippen molar-refractivity contribution in [2.45, 2.75) is 46.6 Å². The number of nitrogens with two attached hydrogens (primary N) is 1. The Labute approximate surface area is 115 Å². The van der Waals surface area contributed by atoms with Gasteiger partial charge in [0.25, 0.3) is 0 Å². The van der Waals surface area contributed by atoms with Crippen molar-refractivity contribution < 1.29 is 0 Å². The van der Waals surface area contributed by atoms with E-state index in [2.05, 4.69) is 56.5 Å². The maximum Gasteiger partial charge on any atom is 0.131 e. The molecule has 3 nitrogen and oxygen atoms in total. The van der Waals surface area contributed by atoms with Crippen LogP contribution in [0, 0.1) is 6.92 Å². The largest absolute Gasteiger partial charge is 0.383 e. The third-order valence-electron chi connectivity index (χ3n) is 3.34. The number of aryl methyl sites for hydroxylation is 2. The summed E-state index contributed by atoms with van der Waals surface area (Å²) in [7, 11) is 0. The zero-order chi connectivity index (χ0) is 14.0. The summed E-state index contributed by atoms with van der Waals surface area (Å²) in [6.45, 7) is 8.55. The number of imidazole rings is 1. The summed E-state index contributed by atoms with van der Waals surface area (Å²) in [6.07, 6.45) is 2.05. The molecule has 2 N–H and O–H groups in total. The fourth-order valence-corrected chi connectivity index (χ4v) is 2.39. The molecule has 2 rings (SSSR count). The Morgan fingerprint density at radius 2 is 1.84 bits per heavy atom. The number of benzene rings is 1. The highest BCUT2D eigenvalue weighted by Gasteiger charge is 2.17. The van der Waals surface area contributed by atoms with Crippen molar-refractivity contribution in [1.29, 1.82) is 0 Å². The van der Waals surface area contributed by atoms with Gasteiger partial charge in [0.2, 0.25) is 0 Å². The fourth-order valence-electron chi connectivity index (χ4n) is 2.39. The van der Waals surface area contributed by atoms with E-state index in [9.17, 15) is 0 Å². The van der Waals surface area contributed by atoms with Crippen LogP contribution in [0.1, 0.15) is 44.6 Å². The fraction of sp³-hybridized carbons (Fsp3) is 0.438. The van der Waals surface area contributed by atoms with Crippen molar-refractivity contribution in [1.82, 2.24) is 9.55 Å². The molecule has 0 saturated carbocycles.